The van der Waals surface area contributed by atoms with E-state index in [0.29, 0.717) is 19.0 Å². The lowest BCUT2D eigenvalue weighted by molar-refractivity contribution is -0.129. The molecule has 0 amide bonds. The SMILES string of the molecule is CO[PH](=O)CCCC(C=O)(OC)c1ccccc1. The zero-order chi connectivity index (χ0) is 13.4. The third-order valence-corrected chi connectivity index (χ3v) is 4.19. The topological polar surface area (TPSA) is 52.6 Å². The van der Waals surface area contributed by atoms with E-state index in [-0.39, 0.29) is 0 Å². The van der Waals surface area contributed by atoms with E-state index in [2.05, 4.69) is 0 Å². The van der Waals surface area contributed by atoms with Crippen LogP contribution in [0.25, 0.3) is 0 Å². The van der Waals surface area contributed by atoms with E-state index in [1.807, 2.05) is 30.3 Å². The Hall–Kier alpha value is -0.960. The predicted octanol–water partition coefficient (Wildman–Crippen LogP) is 2.63. The standard InChI is InChI=1S/C13H19O4P/c1-16-13(11-14,9-6-10-18(15)17-2)12-7-4-3-5-8-12/h3-5,7-8,11,18H,6,9-10H2,1-2H3. The quantitative estimate of drug-likeness (QED) is 0.538. The second kappa shape index (κ2) is 7.47. The molecule has 0 bridgehead atoms. The molecule has 1 aromatic rings. The minimum absolute atomic E-state index is 0.465. The van der Waals surface area contributed by atoms with Gasteiger partial charge >= 0.3 is 0 Å². The molecule has 2 unspecified atom stereocenters. The molecule has 0 aromatic heterocycles. The molecular weight excluding hydrogens is 251 g/mol. The van der Waals surface area contributed by atoms with Crippen molar-refractivity contribution in [1.29, 1.82) is 0 Å². The van der Waals surface area contributed by atoms with E-state index >= 15 is 0 Å². The van der Waals surface area contributed by atoms with Crippen LogP contribution in [0.5, 0.6) is 0 Å². The van der Waals surface area contributed by atoms with Crippen molar-refractivity contribution in [3.05, 3.63) is 35.9 Å². The van der Waals surface area contributed by atoms with Gasteiger partial charge in [0.15, 0.2) is 14.3 Å². The van der Waals surface area contributed by atoms with Crippen molar-refractivity contribution in [1.82, 2.24) is 0 Å². The fraction of sp³-hybridized carbons (Fsp3) is 0.462. The average molecular weight is 270 g/mol. The summed E-state index contributed by atoms with van der Waals surface area (Å²) in [6, 6.07) is 9.34. The Morgan fingerprint density at radius 3 is 2.44 bits per heavy atom. The number of carbonyl (C=O) groups is 1. The van der Waals surface area contributed by atoms with Crippen LogP contribution in [0.2, 0.25) is 0 Å². The van der Waals surface area contributed by atoms with Gasteiger partial charge in [0.2, 0.25) is 0 Å². The molecule has 0 heterocycles. The van der Waals surface area contributed by atoms with Gasteiger partial charge < -0.3 is 9.26 Å². The molecule has 2 atom stereocenters. The van der Waals surface area contributed by atoms with Crippen LogP contribution < -0.4 is 0 Å². The van der Waals surface area contributed by atoms with Crippen LogP contribution >= 0.6 is 8.03 Å². The number of carbonyl (C=O) groups excluding carboxylic acids is 1. The molecule has 0 fully saturated rings. The smallest absolute Gasteiger partial charge is 0.191 e. The first-order valence-electron chi connectivity index (χ1n) is 5.82. The van der Waals surface area contributed by atoms with Gasteiger partial charge in [-0.05, 0) is 18.4 Å². The first kappa shape index (κ1) is 15.1. The van der Waals surface area contributed by atoms with Gasteiger partial charge in [0.05, 0.1) is 0 Å². The summed E-state index contributed by atoms with van der Waals surface area (Å²) in [6.45, 7) is 0. The molecular formula is C13H19O4P. The molecule has 0 aliphatic carbocycles. The maximum Gasteiger partial charge on any atom is 0.191 e. The summed E-state index contributed by atoms with van der Waals surface area (Å²) in [4.78, 5) is 11.4. The molecule has 1 rings (SSSR count). The molecule has 0 saturated heterocycles. The summed E-state index contributed by atoms with van der Waals surface area (Å²) in [5.41, 5.74) is -0.128. The van der Waals surface area contributed by atoms with Crippen molar-refractivity contribution in [3.63, 3.8) is 0 Å². The minimum Gasteiger partial charge on any atom is -0.366 e. The maximum absolute atomic E-state index is 11.4. The van der Waals surface area contributed by atoms with Gasteiger partial charge in [-0.1, -0.05) is 30.3 Å². The molecule has 0 N–H and O–H groups in total. The third-order valence-electron chi connectivity index (χ3n) is 2.97. The van der Waals surface area contributed by atoms with Crippen molar-refractivity contribution in [2.45, 2.75) is 18.4 Å². The molecule has 0 aliphatic rings. The Morgan fingerprint density at radius 2 is 1.94 bits per heavy atom. The Labute approximate surface area is 108 Å². The van der Waals surface area contributed by atoms with Crippen molar-refractivity contribution in [3.8, 4) is 0 Å². The molecule has 0 radical (unpaired) electrons. The van der Waals surface area contributed by atoms with Gasteiger partial charge in [0, 0.05) is 20.4 Å². The Kier molecular flexibility index (Phi) is 6.27. The summed E-state index contributed by atoms with van der Waals surface area (Å²) >= 11 is 0. The van der Waals surface area contributed by atoms with E-state index < -0.39 is 13.6 Å². The molecule has 0 saturated carbocycles. The number of rotatable bonds is 8. The molecule has 5 heteroatoms. The van der Waals surface area contributed by atoms with Crippen LogP contribution in [0.1, 0.15) is 18.4 Å². The predicted molar refractivity (Wildman–Crippen MR) is 71.3 cm³/mol. The second-order valence-corrected chi connectivity index (χ2v) is 5.66. The van der Waals surface area contributed by atoms with Gasteiger partial charge in [-0.2, -0.15) is 0 Å². The number of aldehydes is 1. The molecule has 100 valence electrons. The van der Waals surface area contributed by atoms with Gasteiger partial charge in [-0.15, -0.1) is 0 Å². The molecule has 0 aliphatic heterocycles. The normalized spacial score (nSPS) is 15.9. The van der Waals surface area contributed by atoms with Crippen LogP contribution in [0.4, 0.5) is 0 Å². The van der Waals surface area contributed by atoms with E-state index in [1.165, 1.54) is 14.2 Å². The van der Waals surface area contributed by atoms with Crippen molar-refractivity contribution in [2.75, 3.05) is 20.4 Å². The number of benzene rings is 1. The molecule has 1 aromatic carbocycles. The van der Waals surface area contributed by atoms with Gasteiger partial charge in [0.1, 0.15) is 5.60 Å². The highest BCUT2D eigenvalue weighted by molar-refractivity contribution is 7.39. The monoisotopic (exact) mass is 270 g/mol. The molecule has 0 spiro atoms. The van der Waals surface area contributed by atoms with E-state index in [9.17, 15) is 9.36 Å². The van der Waals surface area contributed by atoms with Crippen LogP contribution in [0.15, 0.2) is 30.3 Å². The van der Waals surface area contributed by atoms with Crippen molar-refractivity contribution >= 4 is 14.3 Å². The second-order valence-electron chi connectivity index (χ2n) is 4.01. The molecule has 18 heavy (non-hydrogen) atoms. The number of hydrogen-bond acceptors (Lipinski definition) is 4. The third kappa shape index (κ3) is 3.77. The summed E-state index contributed by atoms with van der Waals surface area (Å²) < 4.78 is 21.4. The lowest BCUT2D eigenvalue weighted by Crippen LogP contribution is -2.30. The highest BCUT2D eigenvalue weighted by Gasteiger charge is 2.31. The zero-order valence-electron chi connectivity index (χ0n) is 10.7. The lowest BCUT2D eigenvalue weighted by atomic mass is 9.90. The maximum atomic E-state index is 11.4. The summed E-state index contributed by atoms with van der Waals surface area (Å²) in [5, 5.41) is 0. The van der Waals surface area contributed by atoms with Crippen molar-refractivity contribution < 1.29 is 18.6 Å². The summed E-state index contributed by atoms with van der Waals surface area (Å²) in [5.74, 6) is 0. The largest absolute Gasteiger partial charge is 0.366 e. The first-order chi connectivity index (χ1) is 8.68. The first-order valence-corrected chi connectivity index (χ1v) is 7.34. The Bertz CT molecular complexity index is 393. The highest BCUT2D eigenvalue weighted by atomic mass is 31.1. The van der Waals surface area contributed by atoms with Gasteiger partial charge in [-0.25, -0.2) is 0 Å². The number of hydrogen-bond donors (Lipinski definition) is 0. The van der Waals surface area contributed by atoms with Crippen molar-refractivity contribution in [2.24, 2.45) is 0 Å². The fourth-order valence-electron chi connectivity index (χ4n) is 1.86. The fourth-order valence-corrected chi connectivity index (χ4v) is 2.53. The highest BCUT2D eigenvalue weighted by Crippen LogP contribution is 2.31. The van der Waals surface area contributed by atoms with Crippen LogP contribution in [0, 0.1) is 0 Å². The van der Waals surface area contributed by atoms with E-state index in [1.54, 1.807) is 0 Å². The number of ether oxygens (including phenoxy) is 1. The zero-order valence-corrected chi connectivity index (χ0v) is 11.7. The van der Waals surface area contributed by atoms with E-state index in [0.717, 1.165) is 11.8 Å². The summed E-state index contributed by atoms with van der Waals surface area (Å²) in [7, 11) is 0.977. The van der Waals surface area contributed by atoms with E-state index in [4.69, 9.17) is 9.26 Å². The lowest BCUT2D eigenvalue weighted by Gasteiger charge is -2.27. The molecule has 4 nitrogen and oxygen atoms in total. The van der Waals surface area contributed by atoms with Gasteiger partial charge in [0.25, 0.3) is 0 Å². The Balaban J connectivity index is 2.75. The summed E-state index contributed by atoms with van der Waals surface area (Å²) in [6.07, 6.45) is 2.39. The van der Waals surface area contributed by atoms with Gasteiger partial charge in [-0.3, -0.25) is 9.36 Å². The Morgan fingerprint density at radius 1 is 1.28 bits per heavy atom. The number of methoxy groups -OCH3 is 1. The van der Waals surface area contributed by atoms with Crippen LogP contribution in [-0.2, 0) is 24.2 Å². The van der Waals surface area contributed by atoms with Crippen LogP contribution in [-0.4, -0.2) is 26.7 Å². The average Bonchev–Trinajstić information content (AvgIpc) is 2.44. The minimum atomic E-state index is -1.97. The van der Waals surface area contributed by atoms with Crippen LogP contribution in [0.3, 0.4) is 0 Å².